The summed E-state index contributed by atoms with van der Waals surface area (Å²) in [6.45, 7) is 10.7. The number of nitrogens with zero attached hydrogens (tertiary/aromatic N) is 1. The average molecular weight is 461 g/mol. The van der Waals surface area contributed by atoms with E-state index in [0.29, 0.717) is 18.0 Å². The molecular weight excluding hydrogens is 428 g/mol. The molecule has 8 heteroatoms. The number of aryl methyl sites for hydroxylation is 2. The third-order valence-corrected chi connectivity index (χ3v) is 6.40. The molecule has 1 N–H and O–H groups in total. The molecular formula is C24H32N2O5S. The number of carbonyl (C=O) groups excluding carboxylic acids is 1. The van der Waals surface area contributed by atoms with Gasteiger partial charge in [-0.25, -0.2) is 8.42 Å². The Labute approximate surface area is 190 Å². The van der Waals surface area contributed by atoms with Gasteiger partial charge in [-0.3, -0.25) is 9.10 Å². The topological polar surface area (TPSA) is 84.9 Å². The van der Waals surface area contributed by atoms with Crippen molar-refractivity contribution in [3.63, 3.8) is 0 Å². The molecule has 7 nitrogen and oxygen atoms in total. The number of sulfonamides is 1. The van der Waals surface area contributed by atoms with Gasteiger partial charge in [0.15, 0.2) is 6.10 Å². The van der Waals surface area contributed by atoms with E-state index in [1.807, 2.05) is 38.1 Å². The lowest BCUT2D eigenvalue weighted by Crippen LogP contribution is -2.51. The van der Waals surface area contributed by atoms with Gasteiger partial charge in [-0.15, -0.1) is 0 Å². The predicted octanol–water partition coefficient (Wildman–Crippen LogP) is 3.32. The van der Waals surface area contributed by atoms with Gasteiger partial charge in [-0.05, 0) is 60.2 Å². The predicted molar refractivity (Wildman–Crippen MR) is 126 cm³/mol. The summed E-state index contributed by atoms with van der Waals surface area (Å²) < 4.78 is 37.8. The van der Waals surface area contributed by atoms with Gasteiger partial charge in [-0.2, -0.15) is 0 Å². The van der Waals surface area contributed by atoms with E-state index in [0.717, 1.165) is 28.7 Å². The lowest BCUT2D eigenvalue weighted by molar-refractivity contribution is -0.127. The molecule has 0 bridgehead atoms. The van der Waals surface area contributed by atoms with E-state index in [4.69, 9.17) is 9.47 Å². The number of ether oxygens (including phenoxy) is 2. The molecule has 0 spiro atoms. The summed E-state index contributed by atoms with van der Waals surface area (Å²) in [5, 5.41) is 2.78. The molecule has 0 saturated heterocycles. The lowest BCUT2D eigenvalue weighted by atomic mass is 9.86. The number of carbonyl (C=O) groups is 1. The van der Waals surface area contributed by atoms with Crippen molar-refractivity contribution < 1.29 is 22.7 Å². The van der Waals surface area contributed by atoms with Gasteiger partial charge in [0, 0.05) is 0 Å². The molecule has 2 aromatic carbocycles. The van der Waals surface area contributed by atoms with E-state index in [-0.39, 0.29) is 24.4 Å². The Balaban J connectivity index is 1.67. The van der Waals surface area contributed by atoms with E-state index in [9.17, 15) is 13.2 Å². The maximum Gasteiger partial charge on any atom is 0.263 e. The number of fused-ring (bicyclic) bond motifs is 1. The first kappa shape index (κ1) is 23.9. The fourth-order valence-electron chi connectivity index (χ4n) is 3.64. The van der Waals surface area contributed by atoms with Crippen LogP contribution in [-0.2, 0) is 20.2 Å². The zero-order valence-electron chi connectivity index (χ0n) is 19.6. The van der Waals surface area contributed by atoms with Crippen molar-refractivity contribution in [1.82, 2.24) is 5.32 Å². The second kappa shape index (κ2) is 9.02. The second-order valence-electron chi connectivity index (χ2n) is 9.30. The number of hydrogen-bond acceptors (Lipinski definition) is 5. The van der Waals surface area contributed by atoms with Crippen LogP contribution in [0, 0.1) is 13.8 Å². The summed E-state index contributed by atoms with van der Waals surface area (Å²) in [6, 6.07) is 11.4. The van der Waals surface area contributed by atoms with Crippen molar-refractivity contribution in [3.8, 4) is 11.5 Å². The van der Waals surface area contributed by atoms with E-state index in [1.165, 1.54) is 4.31 Å². The summed E-state index contributed by atoms with van der Waals surface area (Å²) >= 11 is 0. The number of amides is 1. The van der Waals surface area contributed by atoms with Gasteiger partial charge in [-0.1, -0.05) is 32.9 Å². The Kier molecular flexibility index (Phi) is 6.74. The molecule has 1 aliphatic heterocycles. The van der Waals surface area contributed by atoms with Crippen LogP contribution >= 0.6 is 0 Å². The SMILES string of the molecule is Cc1cc(C)cc(OCCNC(=O)[C@@H]2CN(S(C)(=O)=O)c3cc(C(C)(C)C)ccc3O2)c1. The summed E-state index contributed by atoms with van der Waals surface area (Å²) in [4.78, 5) is 12.7. The van der Waals surface area contributed by atoms with E-state index < -0.39 is 16.1 Å². The van der Waals surface area contributed by atoms with Crippen LogP contribution in [0.25, 0.3) is 0 Å². The van der Waals surface area contributed by atoms with Crippen LogP contribution in [-0.4, -0.2) is 46.4 Å². The van der Waals surface area contributed by atoms with Crippen LogP contribution in [0.2, 0.25) is 0 Å². The van der Waals surface area contributed by atoms with Crippen molar-refractivity contribution in [1.29, 1.82) is 0 Å². The van der Waals surface area contributed by atoms with Crippen molar-refractivity contribution in [2.75, 3.05) is 30.3 Å². The molecule has 0 saturated carbocycles. The largest absolute Gasteiger partial charge is 0.492 e. The molecule has 2 aromatic rings. The number of benzene rings is 2. The smallest absolute Gasteiger partial charge is 0.263 e. The first-order chi connectivity index (χ1) is 14.8. The fraction of sp³-hybridized carbons (Fsp3) is 0.458. The summed E-state index contributed by atoms with van der Waals surface area (Å²) in [5.74, 6) is 0.743. The molecule has 0 aromatic heterocycles. The third kappa shape index (κ3) is 5.73. The maximum absolute atomic E-state index is 12.7. The normalized spacial score (nSPS) is 16.2. The van der Waals surface area contributed by atoms with Crippen molar-refractivity contribution in [3.05, 3.63) is 53.1 Å². The first-order valence-electron chi connectivity index (χ1n) is 10.6. The Morgan fingerprint density at radius 2 is 1.81 bits per heavy atom. The van der Waals surface area contributed by atoms with E-state index in [2.05, 4.69) is 32.2 Å². The quantitative estimate of drug-likeness (QED) is 0.669. The molecule has 0 unspecified atom stereocenters. The van der Waals surface area contributed by atoms with Crippen LogP contribution in [0.4, 0.5) is 5.69 Å². The second-order valence-corrected chi connectivity index (χ2v) is 11.2. The molecule has 1 aliphatic rings. The molecule has 174 valence electrons. The van der Waals surface area contributed by atoms with Crippen LogP contribution < -0.4 is 19.1 Å². The number of nitrogens with one attached hydrogen (secondary N) is 1. The Hall–Kier alpha value is -2.74. The zero-order chi connectivity index (χ0) is 23.7. The fourth-order valence-corrected chi connectivity index (χ4v) is 4.55. The highest BCUT2D eigenvalue weighted by Crippen LogP contribution is 2.38. The Morgan fingerprint density at radius 3 is 2.41 bits per heavy atom. The van der Waals surface area contributed by atoms with E-state index in [1.54, 1.807) is 6.07 Å². The highest BCUT2D eigenvalue weighted by Gasteiger charge is 2.35. The summed E-state index contributed by atoms with van der Waals surface area (Å²) in [6.07, 6.45) is 0.192. The lowest BCUT2D eigenvalue weighted by Gasteiger charge is -2.35. The highest BCUT2D eigenvalue weighted by atomic mass is 32.2. The van der Waals surface area contributed by atoms with Gasteiger partial charge < -0.3 is 14.8 Å². The number of anilines is 1. The molecule has 3 rings (SSSR count). The van der Waals surface area contributed by atoms with Crippen molar-refractivity contribution in [2.45, 2.75) is 46.1 Å². The van der Waals surface area contributed by atoms with Gasteiger partial charge in [0.1, 0.15) is 18.1 Å². The number of hydrogen-bond donors (Lipinski definition) is 1. The molecule has 1 heterocycles. The standard InChI is InChI=1S/C24H32N2O5S/c1-16-11-17(2)13-19(12-16)30-10-9-25-23(27)22-15-26(32(6,28)29)20-14-18(24(3,4)5)7-8-21(20)31-22/h7-8,11-14,22H,9-10,15H2,1-6H3,(H,25,27)/t22-/m0/s1. The Morgan fingerprint density at radius 1 is 1.16 bits per heavy atom. The third-order valence-electron chi connectivity index (χ3n) is 5.25. The Bertz CT molecular complexity index is 1090. The summed E-state index contributed by atoms with van der Waals surface area (Å²) in [7, 11) is -3.59. The molecule has 32 heavy (non-hydrogen) atoms. The minimum absolute atomic E-state index is 0.0802. The highest BCUT2D eigenvalue weighted by molar-refractivity contribution is 7.92. The van der Waals surface area contributed by atoms with Crippen LogP contribution in [0.15, 0.2) is 36.4 Å². The van der Waals surface area contributed by atoms with Crippen molar-refractivity contribution in [2.24, 2.45) is 0 Å². The minimum Gasteiger partial charge on any atom is -0.492 e. The average Bonchev–Trinajstić information content (AvgIpc) is 2.67. The van der Waals surface area contributed by atoms with Gasteiger partial charge in [0.05, 0.1) is 25.0 Å². The molecule has 1 atom stereocenters. The number of rotatable bonds is 6. The van der Waals surface area contributed by atoms with Gasteiger partial charge in [0.25, 0.3) is 5.91 Å². The first-order valence-corrected chi connectivity index (χ1v) is 12.5. The van der Waals surface area contributed by atoms with Gasteiger partial charge >= 0.3 is 0 Å². The van der Waals surface area contributed by atoms with Crippen LogP contribution in [0.3, 0.4) is 0 Å². The van der Waals surface area contributed by atoms with Crippen LogP contribution in [0.1, 0.15) is 37.5 Å². The minimum atomic E-state index is -3.59. The molecule has 0 aliphatic carbocycles. The van der Waals surface area contributed by atoms with E-state index >= 15 is 0 Å². The van der Waals surface area contributed by atoms with Gasteiger partial charge in [0.2, 0.25) is 10.0 Å². The van der Waals surface area contributed by atoms with Crippen LogP contribution in [0.5, 0.6) is 11.5 Å². The van der Waals surface area contributed by atoms with Crippen molar-refractivity contribution >= 4 is 21.6 Å². The molecule has 0 radical (unpaired) electrons. The molecule has 0 fully saturated rings. The summed E-state index contributed by atoms with van der Waals surface area (Å²) in [5.41, 5.74) is 3.51. The molecule has 1 amide bonds. The maximum atomic E-state index is 12.7. The zero-order valence-corrected chi connectivity index (χ0v) is 20.4. The monoisotopic (exact) mass is 460 g/mol.